The van der Waals surface area contributed by atoms with E-state index in [1.807, 2.05) is 38.1 Å². The zero-order valence-electron chi connectivity index (χ0n) is 13.8. The van der Waals surface area contributed by atoms with Gasteiger partial charge in [-0.05, 0) is 30.5 Å². The quantitative estimate of drug-likeness (QED) is 0.853. The number of nitrogens with one attached hydrogen (secondary N) is 1. The first-order valence-electron chi connectivity index (χ1n) is 7.55. The van der Waals surface area contributed by atoms with Crippen LogP contribution in [0.25, 0.3) is 0 Å². The van der Waals surface area contributed by atoms with E-state index in [4.69, 9.17) is 9.47 Å². The molecule has 23 heavy (non-hydrogen) atoms. The Morgan fingerprint density at radius 3 is 2.52 bits per heavy atom. The van der Waals surface area contributed by atoms with Gasteiger partial charge in [0.1, 0.15) is 5.75 Å². The second-order valence-electron chi connectivity index (χ2n) is 5.30. The van der Waals surface area contributed by atoms with E-state index in [9.17, 15) is 4.79 Å². The maximum absolute atomic E-state index is 11.9. The Bertz CT molecular complexity index is 634. The molecule has 5 nitrogen and oxygen atoms in total. The third-order valence-corrected chi connectivity index (χ3v) is 3.48. The van der Waals surface area contributed by atoms with Gasteiger partial charge in [0.25, 0.3) is 0 Å². The lowest BCUT2D eigenvalue weighted by molar-refractivity contribution is -0.121. The van der Waals surface area contributed by atoms with E-state index < -0.39 is 0 Å². The molecule has 2 rings (SSSR count). The van der Waals surface area contributed by atoms with Gasteiger partial charge in [-0.1, -0.05) is 24.3 Å². The molecule has 1 N–H and O–H groups in total. The molecule has 5 heteroatoms. The molecule has 0 atom stereocenters. The highest BCUT2D eigenvalue weighted by Gasteiger charge is 2.06. The molecule has 0 aliphatic heterocycles. The number of aryl methyl sites for hydroxylation is 2. The SMILES string of the molecule is COc1ccc(CNC(=O)CCOc2c(C)cccc2C)cn1. The molecule has 0 radical (unpaired) electrons. The summed E-state index contributed by atoms with van der Waals surface area (Å²) in [7, 11) is 1.57. The van der Waals surface area contributed by atoms with Crippen LogP contribution in [0.5, 0.6) is 11.6 Å². The van der Waals surface area contributed by atoms with Crippen LogP contribution in [-0.2, 0) is 11.3 Å². The summed E-state index contributed by atoms with van der Waals surface area (Å²) in [6.45, 7) is 4.80. The lowest BCUT2D eigenvalue weighted by atomic mass is 10.1. The van der Waals surface area contributed by atoms with Gasteiger partial charge in [-0.15, -0.1) is 0 Å². The van der Waals surface area contributed by atoms with Crippen molar-refractivity contribution in [3.8, 4) is 11.6 Å². The third-order valence-electron chi connectivity index (χ3n) is 3.48. The van der Waals surface area contributed by atoms with Gasteiger partial charge in [0.2, 0.25) is 11.8 Å². The van der Waals surface area contributed by atoms with E-state index in [1.165, 1.54) is 0 Å². The largest absolute Gasteiger partial charge is 0.493 e. The van der Waals surface area contributed by atoms with Crippen molar-refractivity contribution in [1.29, 1.82) is 0 Å². The number of ether oxygens (including phenoxy) is 2. The van der Waals surface area contributed by atoms with Gasteiger partial charge < -0.3 is 14.8 Å². The third kappa shape index (κ3) is 4.98. The van der Waals surface area contributed by atoms with Crippen molar-refractivity contribution in [1.82, 2.24) is 10.3 Å². The Morgan fingerprint density at radius 1 is 1.17 bits per heavy atom. The van der Waals surface area contributed by atoms with Gasteiger partial charge in [0.15, 0.2) is 0 Å². The van der Waals surface area contributed by atoms with Crippen LogP contribution in [0.1, 0.15) is 23.1 Å². The lowest BCUT2D eigenvalue weighted by Crippen LogP contribution is -2.24. The Morgan fingerprint density at radius 2 is 1.91 bits per heavy atom. The van der Waals surface area contributed by atoms with Crippen molar-refractivity contribution < 1.29 is 14.3 Å². The highest BCUT2D eigenvalue weighted by molar-refractivity contribution is 5.76. The summed E-state index contributed by atoms with van der Waals surface area (Å²) in [6, 6.07) is 9.64. The fourth-order valence-corrected chi connectivity index (χ4v) is 2.20. The summed E-state index contributed by atoms with van der Waals surface area (Å²) in [4.78, 5) is 16.0. The minimum absolute atomic E-state index is 0.0490. The average Bonchev–Trinajstić information content (AvgIpc) is 2.56. The number of amides is 1. The van der Waals surface area contributed by atoms with Crippen LogP contribution in [0.4, 0.5) is 0 Å². The number of rotatable bonds is 7. The number of carbonyl (C=O) groups excluding carboxylic acids is 1. The van der Waals surface area contributed by atoms with Crippen molar-refractivity contribution in [2.45, 2.75) is 26.8 Å². The van der Waals surface area contributed by atoms with Gasteiger partial charge >= 0.3 is 0 Å². The average molecular weight is 314 g/mol. The number of pyridine rings is 1. The standard InChI is InChI=1S/C18H22N2O3/c1-13-5-4-6-14(2)18(13)23-10-9-16(21)19-11-15-7-8-17(22-3)20-12-15/h4-8,12H,9-11H2,1-3H3,(H,19,21). The number of benzene rings is 1. The summed E-state index contributed by atoms with van der Waals surface area (Å²) in [5.41, 5.74) is 3.08. The molecule has 0 saturated carbocycles. The van der Waals surface area contributed by atoms with E-state index in [-0.39, 0.29) is 5.91 Å². The van der Waals surface area contributed by atoms with Crippen molar-refractivity contribution in [3.05, 3.63) is 53.2 Å². The predicted octanol–water partition coefficient (Wildman–Crippen LogP) is 2.79. The molecule has 122 valence electrons. The molecule has 1 aromatic heterocycles. The number of para-hydroxylation sites is 1. The van der Waals surface area contributed by atoms with Crippen LogP contribution in [-0.4, -0.2) is 24.6 Å². The Labute approximate surface area is 136 Å². The first kappa shape index (κ1) is 16.8. The molecule has 1 aromatic carbocycles. The molecule has 0 aliphatic carbocycles. The number of carbonyl (C=O) groups is 1. The first-order chi connectivity index (χ1) is 11.1. The van der Waals surface area contributed by atoms with Crippen LogP contribution in [0, 0.1) is 13.8 Å². The van der Waals surface area contributed by atoms with Crippen LogP contribution in [0.2, 0.25) is 0 Å². The van der Waals surface area contributed by atoms with Crippen molar-refractivity contribution in [2.24, 2.45) is 0 Å². The normalized spacial score (nSPS) is 10.2. The lowest BCUT2D eigenvalue weighted by Gasteiger charge is -2.12. The van der Waals surface area contributed by atoms with Gasteiger partial charge in [0.05, 0.1) is 20.1 Å². The molecule has 2 aromatic rings. The fourth-order valence-electron chi connectivity index (χ4n) is 2.20. The highest BCUT2D eigenvalue weighted by Crippen LogP contribution is 2.22. The van der Waals surface area contributed by atoms with Gasteiger partial charge in [0, 0.05) is 18.8 Å². The molecule has 1 amide bonds. The molecule has 0 saturated heterocycles. The summed E-state index contributed by atoms with van der Waals surface area (Å²) in [6.07, 6.45) is 2.00. The van der Waals surface area contributed by atoms with E-state index in [1.54, 1.807) is 19.4 Å². The molecular formula is C18H22N2O3. The maximum atomic E-state index is 11.9. The second kappa shape index (κ2) is 8.17. The summed E-state index contributed by atoms with van der Waals surface area (Å²) in [5, 5.41) is 2.85. The molecule has 0 unspecified atom stereocenters. The number of aromatic nitrogens is 1. The highest BCUT2D eigenvalue weighted by atomic mass is 16.5. The zero-order chi connectivity index (χ0) is 16.7. The van der Waals surface area contributed by atoms with Crippen LogP contribution < -0.4 is 14.8 Å². The minimum Gasteiger partial charge on any atom is -0.493 e. The van der Waals surface area contributed by atoms with Crippen molar-refractivity contribution in [2.75, 3.05) is 13.7 Å². The van der Waals surface area contributed by atoms with Gasteiger partial charge in [-0.2, -0.15) is 0 Å². The minimum atomic E-state index is -0.0490. The summed E-state index contributed by atoms with van der Waals surface area (Å²) < 4.78 is 10.7. The Hall–Kier alpha value is -2.56. The molecule has 1 heterocycles. The zero-order valence-corrected chi connectivity index (χ0v) is 13.8. The van der Waals surface area contributed by atoms with E-state index >= 15 is 0 Å². The predicted molar refractivity (Wildman–Crippen MR) is 88.7 cm³/mol. The first-order valence-corrected chi connectivity index (χ1v) is 7.55. The van der Waals surface area contributed by atoms with E-state index in [0.717, 1.165) is 22.4 Å². The van der Waals surface area contributed by atoms with Gasteiger partial charge in [-0.25, -0.2) is 4.98 Å². The topological polar surface area (TPSA) is 60.5 Å². The maximum Gasteiger partial charge on any atom is 0.223 e. The van der Waals surface area contributed by atoms with E-state index in [2.05, 4.69) is 10.3 Å². The molecule has 0 bridgehead atoms. The van der Waals surface area contributed by atoms with Crippen LogP contribution in [0.3, 0.4) is 0 Å². The fraction of sp³-hybridized carbons (Fsp3) is 0.333. The van der Waals surface area contributed by atoms with Gasteiger partial charge in [-0.3, -0.25) is 4.79 Å². The molecular weight excluding hydrogens is 292 g/mol. The molecule has 0 aliphatic rings. The number of hydrogen-bond donors (Lipinski definition) is 1. The molecule has 0 fully saturated rings. The van der Waals surface area contributed by atoms with E-state index in [0.29, 0.717) is 25.5 Å². The van der Waals surface area contributed by atoms with Crippen molar-refractivity contribution >= 4 is 5.91 Å². The monoisotopic (exact) mass is 314 g/mol. The van der Waals surface area contributed by atoms with Crippen LogP contribution in [0.15, 0.2) is 36.5 Å². The summed E-state index contributed by atoms with van der Waals surface area (Å²) in [5.74, 6) is 1.37. The smallest absolute Gasteiger partial charge is 0.223 e. The second-order valence-corrected chi connectivity index (χ2v) is 5.30. The van der Waals surface area contributed by atoms with Crippen LogP contribution >= 0.6 is 0 Å². The number of methoxy groups -OCH3 is 1. The summed E-state index contributed by atoms with van der Waals surface area (Å²) >= 11 is 0. The molecule has 0 spiro atoms. The Balaban J connectivity index is 1.74. The van der Waals surface area contributed by atoms with Crippen molar-refractivity contribution in [3.63, 3.8) is 0 Å². The number of hydrogen-bond acceptors (Lipinski definition) is 4. The Kier molecular flexibility index (Phi) is 5.97. The number of nitrogens with zero attached hydrogens (tertiary/aromatic N) is 1.